The largest absolute Gasteiger partial charge is 0.476 e. The quantitative estimate of drug-likeness (QED) is 0.544. The molecule has 1 heterocycles. The summed E-state index contributed by atoms with van der Waals surface area (Å²) in [6.45, 7) is 0. The van der Waals surface area contributed by atoms with Crippen LogP contribution in [0.2, 0.25) is 0 Å². The van der Waals surface area contributed by atoms with Crippen LogP contribution in [0.25, 0.3) is 6.08 Å². The fourth-order valence-electron chi connectivity index (χ4n) is 0.871. The van der Waals surface area contributed by atoms with Gasteiger partial charge in [0.15, 0.2) is 11.5 Å². The summed E-state index contributed by atoms with van der Waals surface area (Å²) in [4.78, 5) is 28.8. The lowest BCUT2D eigenvalue weighted by Gasteiger charge is -1.99. The van der Waals surface area contributed by atoms with Gasteiger partial charge in [0.2, 0.25) is 0 Å². The first kappa shape index (κ1) is 11.6. The van der Waals surface area contributed by atoms with E-state index in [1.807, 2.05) is 0 Å². The SMILES string of the molecule is COC(=O)C=Cc1cnc(N)c(C(=O)O)n1. The summed E-state index contributed by atoms with van der Waals surface area (Å²) in [5.41, 5.74) is 5.15. The molecule has 0 radical (unpaired) electrons. The second-order valence-electron chi connectivity index (χ2n) is 2.69. The second kappa shape index (κ2) is 4.87. The van der Waals surface area contributed by atoms with Crippen molar-refractivity contribution < 1.29 is 19.4 Å². The summed E-state index contributed by atoms with van der Waals surface area (Å²) in [7, 11) is 1.23. The fraction of sp³-hybridized carbons (Fsp3) is 0.111. The molecule has 0 aliphatic rings. The first-order chi connectivity index (χ1) is 7.54. The summed E-state index contributed by atoms with van der Waals surface area (Å²) in [6.07, 6.45) is 3.64. The van der Waals surface area contributed by atoms with Crippen LogP contribution < -0.4 is 5.73 Å². The zero-order chi connectivity index (χ0) is 12.1. The highest BCUT2D eigenvalue weighted by Crippen LogP contribution is 2.07. The van der Waals surface area contributed by atoms with E-state index in [9.17, 15) is 9.59 Å². The average molecular weight is 223 g/mol. The van der Waals surface area contributed by atoms with Crippen molar-refractivity contribution in [2.24, 2.45) is 0 Å². The number of ether oxygens (including phenoxy) is 1. The van der Waals surface area contributed by atoms with Gasteiger partial charge in [-0.25, -0.2) is 19.6 Å². The number of carbonyl (C=O) groups excluding carboxylic acids is 1. The van der Waals surface area contributed by atoms with Crippen molar-refractivity contribution in [2.75, 3.05) is 12.8 Å². The van der Waals surface area contributed by atoms with Crippen molar-refractivity contribution in [3.63, 3.8) is 0 Å². The first-order valence-corrected chi connectivity index (χ1v) is 4.16. The lowest BCUT2D eigenvalue weighted by Crippen LogP contribution is -2.08. The molecule has 0 saturated heterocycles. The number of nitrogens with zero attached hydrogens (tertiary/aromatic N) is 2. The molecule has 84 valence electrons. The number of hydrogen-bond donors (Lipinski definition) is 2. The van der Waals surface area contributed by atoms with Gasteiger partial charge in [0, 0.05) is 6.08 Å². The predicted octanol–water partition coefficient (Wildman–Crippen LogP) is -0.0568. The summed E-state index contributed by atoms with van der Waals surface area (Å²) in [5, 5.41) is 8.72. The maximum atomic E-state index is 10.8. The van der Waals surface area contributed by atoms with Crippen LogP contribution in [0.15, 0.2) is 12.3 Å². The number of aromatic nitrogens is 2. The number of hydrogen-bond acceptors (Lipinski definition) is 6. The molecule has 1 aromatic heterocycles. The second-order valence-corrected chi connectivity index (χ2v) is 2.69. The van der Waals surface area contributed by atoms with E-state index < -0.39 is 11.9 Å². The van der Waals surface area contributed by atoms with E-state index in [2.05, 4.69) is 14.7 Å². The van der Waals surface area contributed by atoms with Gasteiger partial charge in [-0.1, -0.05) is 0 Å². The molecule has 16 heavy (non-hydrogen) atoms. The first-order valence-electron chi connectivity index (χ1n) is 4.16. The molecule has 0 atom stereocenters. The molecule has 0 aliphatic heterocycles. The van der Waals surface area contributed by atoms with Crippen LogP contribution >= 0.6 is 0 Å². The fourth-order valence-corrected chi connectivity index (χ4v) is 0.871. The number of aromatic carboxylic acids is 1. The van der Waals surface area contributed by atoms with E-state index >= 15 is 0 Å². The number of nitrogens with two attached hydrogens (primary N) is 1. The van der Waals surface area contributed by atoms with Crippen LogP contribution in [0.5, 0.6) is 0 Å². The summed E-state index contributed by atoms with van der Waals surface area (Å²) >= 11 is 0. The van der Waals surface area contributed by atoms with E-state index in [1.54, 1.807) is 0 Å². The Hall–Kier alpha value is -2.44. The molecular weight excluding hydrogens is 214 g/mol. The van der Waals surface area contributed by atoms with Crippen molar-refractivity contribution in [1.29, 1.82) is 0 Å². The highest BCUT2D eigenvalue weighted by atomic mass is 16.5. The Labute approximate surface area is 90.6 Å². The Balaban J connectivity index is 2.99. The monoisotopic (exact) mass is 223 g/mol. The van der Waals surface area contributed by atoms with Crippen LogP contribution in [0, 0.1) is 0 Å². The van der Waals surface area contributed by atoms with Gasteiger partial charge in [-0.15, -0.1) is 0 Å². The number of carboxylic acid groups (broad SMARTS) is 1. The average Bonchev–Trinajstić information content (AvgIpc) is 2.27. The van der Waals surface area contributed by atoms with Gasteiger partial charge in [0.1, 0.15) is 0 Å². The molecule has 0 fully saturated rings. The van der Waals surface area contributed by atoms with Crippen LogP contribution in [0.4, 0.5) is 5.82 Å². The molecule has 1 rings (SSSR count). The molecule has 0 unspecified atom stereocenters. The molecule has 3 N–H and O–H groups in total. The van der Waals surface area contributed by atoms with Gasteiger partial charge in [0.25, 0.3) is 0 Å². The van der Waals surface area contributed by atoms with Crippen molar-refractivity contribution in [2.45, 2.75) is 0 Å². The molecule has 0 spiro atoms. The molecule has 7 nitrogen and oxygen atoms in total. The van der Waals surface area contributed by atoms with Crippen LogP contribution in [-0.4, -0.2) is 34.1 Å². The van der Waals surface area contributed by atoms with E-state index in [0.29, 0.717) is 0 Å². The van der Waals surface area contributed by atoms with Gasteiger partial charge in [-0.05, 0) is 6.08 Å². The van der Waals surface area contributed by atoms with Crippen molar-refractivity contribution in [3.05, 3.63) is 23.7 Å². The number of nitrogen functional groups attached to an aromatic ring is 1. The normalized spacial score (nSPS) is 10.3. The smallest absolute Gasteiger partial charge is 0.358 e. The Morgan fingerprint density at radius 1 is 1.56 bits per heavy atom. The molecule has 1 aromatic rings. The predicted molar refractivity (Wildman–Crippen MR) is 54.5 cm³/mol. The number of anilines is 1. The van der Waals surface area contributed by atoms with Crippen molar-refractivity contribution in [1.82, 2.24) is 9.97 Å². The standard InChI is InChI=1S/C9H9N3O4/c1-16-6(13)3-2-5-4-11-8(10)7(12-5)9(14)15/h2-4H,1H3,(H2,10,11)(H,14,15). The molecule has 0 bridgehead atoms. The maximum Gasteiger partial charge on any atom is 0.358 e. The summed E-state index contributed by atoms with van der Waals surface area (Å²) in [6, 6.07) is 0. The highest BCUT2D eigenvalue weighted by molar-refractivity contribution is 5.91. The third-order valence-corrected chi connectivity index (χ3v) is 1.61. The molecule has 0 amide bonds. The minimum Gasteiger partial charge on any atom is -0.476 e. The Morgan fingerprint density at radius 3 is 2.81 bits per heavy atom. The van der Waals surface area contributed by atoms with Gasteiger partial charge >= 0.3 is 11.9 Å². The minimum absolute atomic E-state index is 0.178. The molecule has 0 aromatic carbocycles. The Morgan fingerprint density at radius 2 is 2.25 bits per heavy atom. The van der Waals surface area contributed by atoms with E-state index in [1.165, 1.54) is 19.4 Å². The number of rotatable bonds is 3. The molecular formula is C9H9N3O4. The molecule has 0 saturated carbocycles. The van der Waals surface area contributed by atoms with Crippen LogP contribution in [-0.2, 0) is 9.53 Å². The summed E-state index contributed by atoms with van der Waals surface area (Å²) in [5.74, 6) is -2.03. The van der Waals surface area contributed by atoms with Crippen molar-refractivity contribution in [3.8, 4) is 0 Å². The zero-order valence-corrected chi connectivity index (χ0v) is 8.38. The van der Waals surface area contributed by atoms with E-state index in [-0.39, 0.29) is 17.2 Å². The highest BCUT2D eigenvalue weighted by Gasteiger charge is 2.11. The topological polar surface area (TPSA) is 115 Å². The number of esters is 1. The lowest BCUT2D eigenvalue weighted by atomic mass is 10.3. The number of methoxy groups -OCH3 is 1. The number of carbonyl (C=O) groups is 2. The van der Waals surface area contributed by atoms with Gasteiger partial charge in [-0.3, -0.25) is 0 Å². The van der Waals surface area contributed by atoms with Crippen LogP contribution in [0.1, 0.15) is 16.2 Å². The van der Waals surface area contributed by atoms with E-state index in [0.717, 1.165) is 6.08 Å². The number of carboxylic acids is 1. The van der Waals surface area contributed by atoms with E-state index in [4.69, 9.17) is 10.8 Å². The molecule has 7 heteroatoms. The summed E-state index contributed by atoms with van der Waals surface area (Å²) < 4.78 is 4.36. The van der Waals surface area contributed by atoms with Crippen molar-refractivity contribution >= 4 is 23.8 Å². The lowest BCUT2D eigenvalue weighted by molar-refractivity contribution is -0.134. The Kier molecular flexibility index (Phi) is 3.54. The Bertz CT molecular complexity index is 456. The van der Waals surface area contributed by atoms with Crippen LogP contribution in [0.3, 0.4) is 0 Å². The third kappa shape index (κ3) is 2.77. The van der Waals surface area contributed by atoms with Gasteiger partial charge in [-0.2, -0.15) is 0 Å². The maximum absolute atomic E-state index is 10.8. The van der Waals surface area contributed by atoms with Gasteiger partial charge in [0.05, 0.1) is 19.0 Å². The molecule has 0 aliphatic carbocycles. The third-order valence-electron chi connectivity index (χ3n) is 1.61. The minimum atomic E-state index is -1.28. The van der Waals surface area contributed by atoms with Gasteiger partial charge < -0.3 is 15.6 Å². The zero-order valence-electron chi connectivity index (χ0n) is 8.38.